The lowest BCUT2D eigenvalue weighted by atomic mass is 10.0. The van der Waals surface area contributed by atoms with E-state index >= 15 is 0 Å². The summed E-state index contributed by atoms with van der Waals surface area (Å²) in [6.07, 6.45) is 1.93. The van der Waals surface area contributed by atoms with Gasteiger partial charge in [0, 0.05) is 34.4 Å². The minimum absolute atomic E-state index is 0.222. The monoisotopic (exact) mass is 315 g/mol. The third-order valence-electron chi connectivity index (χ3n) is 3.80. The summed E-state index contributed by atoms with van der Waals surface area (Å²) in [6.45, 7) is 10.5. The molecule has 1 aromatic carbocycles. The zero-order valence-corrected chi connectivity index (χ0v) is 14.9. The third-order valence-corrected chi connectivity index (χ3v) is 4.69. The molecule has 0 fully saturated rings. The summed E-state index contributed by atoms with van der Waals surface area (Å²) in [7, 11) is 0. The van der Waals surface area contributed by atoms with Crippen molar-refractivity contribution in [2.75, 3.05) is 5.75 Å². The number of aryl methyl sites for hydroxylation is 2. The van der Waals surface area contributed by atoms with Crippen molar-refractivity contribution in [3.8, 4) is 0 Å². The van der Waals surface area contributed by atoms with Gasteiger partial charge in [-0.05, 0) is 51.1 Å². The largest absolute Gasteiger partial charge is 0.304 e. The Morgan fingerprint density at radius 3 is 2.36 bits per heavy atom. The van der Waals surface area contributed by atoms with E-state index in [4.69, 9.17) is 0 Å². The van der Waals surface area contributed by atoms with E-state index in [2.05, 4.69) is 60.3 Å². The molecule has 0 aliphatic rings. The molecule has 1 aromatic heterocycles. The van der Waals surface area contributed by atoms with E-state index in [9.17, 15) is 0 Å². The number of hydrogen-bond donors (Lipinski definition) is 1. The maximum absolute atomic E-state index is 4.45. The maximum atomic E-state index is 4.45. The average molecular weight is 315 g/mol. The first-order chi connectivity index (χ1) is 10.5. The summed E-state index contributed by atoms with van der Waals surface area (Å²) in [5.74, 6) is 1.93. The predicted molar refractivity (Wildman–Crippen MR) is 94.3 cm³/mol. The molecule has 118 valence electrons. The Morgan fingerprint density at radius 2 is 1.77 bits per heavy atom. The first-order valence-electron chi connectivity index (χ1n) is 7.80. The normalized spacial score (nSPS) is 13.9. The topological polar surface area (TPSA) is 37.8 Å². The van der Waals surface area contributed by atoms with Gasteiger partial charge in [0.15, 0.2) is 0 Å². The van der Waals surface area contributed by atoms with Crippen LogP contribution in [0.4, 0.5) is 0 Å². The Hall–Kier alpha value is -1.39. The van der Waals surface area contributed by atoms with Crippen molar-refractivity contribution in [3.05, 3.63) is 53.1 Å². The summed E-state index contributed by atoms with van der Waals surface area (Å²) in [5.41, 5.74) is 3.52. The zero-order valence-electron chi connectivity index (χ0n) is 14.1. The van der Waals surface area contributed by atoms with Gasteiger partial charge < -0.3 is 5.32 Å². The highest BCUT2D eigenvalue weighted by Crippen LogP contribution is 2.23. The molecular formula is C18H25N3S. The molecule has 0 spiro atoms. The van der Waals surface area contributed by atoms with Gasteiger partial charge >= 0.3 is 0 Å². The number of benzene rings is 1. The predicted octanol–water partition coefficient (Wildman–Crippen LogP) is 4.62. The van der Waals surface area contributed by atoms with Crippen molar-refractivity contribution in [1.29, 1.82) is 0 Å². The molecule has 0 saturated carbocycles. The molecule has 2 atom stereocenters. The molecule has 0 unspecified atom stereocenters. The molecule has 0 bridgehead atoms. The van der Waals surface area contributed by atoms with Crippen LogP contribution in [0.15, 0.2) is 35.4 Å². The van der Waals surface area contributed by atoms with Gasteiger partial charge in [-0.2, -0.15) is 0 Å². The fraction of sp³-hybridized carbons (Fsp3) is 0.444. The van der Waals surface area contributed by atoms with Crippen LogP contribution in [0, 0.1) is 13.8 Å². The van der Waals surface area contributed by atoms with E-state index in [0.29, 0.717) is 0 Å². The zero-order chi connectivity index (χ0) is 16.1. The highest BCUT2D eigenvalue weighted by atomic mass is 32.2. The smallest absolute Gasteiger partial charge is 0.125 e. The molecule has 4 heteroatoms. The van der Waals surface area contributed by atoms with Gasteiger partial charge in [0.2, 0.25) is 0 Å². The molecule has 2 aromatic rings. The maximum Gasteiger partial charge on any atom is 0.125 e. The number of thioether (sulfide) groups is 1. The van der Waals surface area contributed by atoms with Crippen LogP contribution in [-0.4, -0.2) is 15.7 Å². The van der Waals surface area contributed by atoms with Gasteiger partial charge in [-0.3, -0.25) is 0 Å². The summed E-state index contributed by atoms with van der Waals surface area (Å²) in [5, 5.41) is 3.64. The third kappa shape index (κ3) is 4.31. The SMILES string of the molecule is CCSc1ccc([C@H](C)N[C@@H](C)c2cnc(C)nc2C)cc1. The van der Waals surface area contributed by atoms with Gasteiger partial charge in [-0.1, -0.05) is 19.1 Å². The fourth-order valence-electron chi connectivity index (χ4n) is 2.60. The first-order valence-corrected chi connectivity index (χ1v) is 8.78. The Morgan fingerprint density at radius 1 is 1.09 bits per heavy atom. The van der Waals surface area contributed by atoms with Crippen molar-refractivity contribution >= 4 is 11.8 Å². The Kier molecular flexibility index (Phi) is 5.98. The van der Waals surface area contributed by atoms with Crippen molar-refractivity contribution < 1.29 is 0 Å². The van der Waals surface area contributed by atoms with Crippen molar-refractivity contribution in [3.63, 3.8) is 0 Å². The summed E-state index contributed by atoms with van der Waals surface area (Å²) in [4.78, 5) is 10.1. The first kappa shape index (κ1) is 17.0. The van der Waals surface area contributed by atoms with E-state index in [1.807, 2.05) is 31.8 Å². The standard InChI is InChI=1S/C18H25N3S/c1-6-22-17-9-7-16(8-10-17)12(2)20-13(3)18-11-19-15(5)21-14(18)4/h7-13,20H,6H2,1-5H3/t12-,13-/m0/s1. The van der Waals surface area contributed by atoms with Crippen LogP contribution in [0.2, 0.25) is 0 Å². The minimum Gasteiger partial charge on any atom is -0.304 e. The van der Waals surface area contributed by atoms with Gasteiger partial charge in [-0.15, -0.1) is 11.8 Å². The second-order valence-electron chi connectivity index (χ2n) is 5.57. The van der Waals surface area contributed by atoms with Crippen molar-refractivity contribution in [2.24, 2.45) is 0 Å². The van der Waals surface area contributed by atoms with Gasteiger partial charge in [0.1, 0.15) is 5.82 Å². The quantitative estimate of drug-likeness (QED) is 0.790. The summed E-state index contributed by atoms with van der Waals surface area (Å²) >= 11 is 1.87. The molecule has 0 aliphatic carbocycles. The van der Waals surface area contributed by atoms with Crippen molar-refractivity contribution in [1.82, 2.24) is 15.3 Å². The second-order valence-corrected chi connectivity index (χ2v) is 6.91. The van der Waals surface area contributed by atoms with Crippen LogP contribution >= 0.6 is 11.8 Å². The molecule has 1 N–H and O–H groups in total. The molecule has 22 heavy (non-hydrogen) atoms. The van der Waals surface area contributed by atoms with E-state index < -0.39 is 0 Å². The van der Waals surface area contributed by atoms with Crippen LogP contribution < -0.4 is 5.32 Å². The lowest BCUT2D eigenvalue weighted by molar-refractivity contribution is 0.490. The van der Waals surface area contributed by atoms with E-state index in [0.717, 1.165) is 22.8 Å². The number of nitrogens with one attached hydrogen (secondary N) is 1. The van der Waals surface area contributed by atoms with E-state index in [1.165, 1.54) is 10.5 Å². The number of aromatic nitrogens is 2. The molecule has 0 radical (unpaired) electrons. The van der Waals surface area contributed by atoms with E-state index in [-0.39, 0.29) is 12.1 Å². The number of rotatable bonds is 6. The fourth-order valence-corrected chi connectivity index (χ4v) is 3.26. The van der Waals surface area contributed by atoms with Crippen LogP contribution in [0.5, 0.6) is 0 Å². The summed E-state index contributed by atoms with van der Waals surface area (Å²) in [6, 6.07) is 9.33. The summed E-state index contributed by atoms with van der Waals surface area (Å²) < 4.78 is 0. The Labute approximate surface area is 138 Å². The highest BCUT2D eigenvalue weighted by molar-refractivity contribution is 7.99. The van der Waals surface area contributed by atoms with Crippen LogP contribution in [0.1, 0.15) is 55.5 Å². The van der Waals surface area contributed by atoms with Crippen molar-refractivity contribution in [2.45, 2.75) is 51.6 Å². The molecule has 3 nitrogen and oxygen atoms in total. The molecule has 2 rings (SSSR count). The van der Waals surface area contributed by atoms with Crippen LogP contribution in [-0.2, 0) is 0 Å². The molecule has 0 amide bonds. The van der Waals surface area contributed by atoms with E-state index in [1.54, 1.807) is 0 Å². The van der Waals surface area contributed by atoms with Gasteiger partial charge in [0.25, 0.3) is 0 Å². The molecule has 0 saturated heterocycles. The lowest BCUT2D eigenvalue weighted by Crippen LogP contribution is -2.23. The van der Waals surface area contributed by atoms with Gasteiger partial charge in [-0.25, -0.2) is 9.97 Å². The van der Waals surface area contributed by atoms with Gasteiger partial charge in [0.05, 0.1) is 0 Å². The Bertz CT molecular complexity index is 610. The van der Waals surface area contributed by atoms with Crippen LogP contribution in [0.3, 0.4) is 0 Å². The Balaban J connectivity index is 2.05. The number of hydrogen-bond acceptors (Lipinski definition) is 4. The molecule has 0 aliphatic heterocycles. The second kappa shape index (κ2) is 7.75. The average Bonchev–Trinajstić information content (AvgIpc) is 2.48. The lowest BCUT2D eigenvalue weighted by Gasteiger charge is -2.21. The highest BCUT2D eigenvalue weighted by Gasteiger charge is 2.14. The molecular weight excluding hydrogens is 290 g/mol. The number of nitrogens with zero attached hydrogens (tertiary/aromatic N) is 2. The molecule has 1 heterocycles. The van der Waals surface area contributed by atoms with Crippen LogP contribution in [0.25, 0.3) is 0 Å². The minimum atomic E-state index is 0.222.